The summed E-state index contributed by atoms with van der Waals surface area (Å²) in [6.45, 7) is 2.12. The molecule has 8 heteroatoms. The summed E-state index contributed by atoms with van der Waals surface area (Å²) >= 11 is 2.98. The predicted molar refractivity (Wildman–Crippen MR) is 84.3 cm³/mol. The monoisotopic (exact) mass is 330 g/mol. The number of rotatable bonds is 3. The number of hydrogen-bond donors (Lipinski definition) is 2. The van der Waals surface area contributed by atoms with Crippen LogP contribution in [0.15, 0.2) is 17.1 Å². The number of anilines is 1. The highest BCUT2D eigenvalue weighted by molar-refractivity contribution is 7.15. The summed E-state index contributed by atoms with van der Waals surface area (Å²) in [4.78, 5) is 21.4. The third-order valence-electron chi connectivity index (χ3n) is 3.15. The highest BCUT2D eigenvalue weighted by atomic mass is 35.5. The molecule has 1 aliphatic heterocycles. The average molecular weight is 331 g/mol. The zero-order valence-electron chi connectivity index (χ0n) is 10.7. The molecular formula is C12H15ClN4OS2. The molecule has 2 aromatic heterocycles. The number of nitrogens with one attached hydrogen (secondary N) is 2. The van der Waals surface area contributed by atoms with Gasteiger partial charge in [0.05, 0.1) is 5.51 Å². The van der Waals surface area contributed by atoms with E-state index in [4.69, 9.17) is 0 Å². The largest absolute Gasteiger partial charge is 0.317 e. The topological polar surface area (TPSA) is 66.9 Å². The van der Waals surface area contributed by atoms with Gasteiger partial charge in [0.2, 0.25) is 0 Å². The molecule has 3 heterocycles. The quantitative estimate of drug-likeness (QED) is 0.908. The second kappa shape index (κ2) is 7.12. The highest BCUT2D eigenvalue weighted by Gasteiger charge is 2.18. The van der Waals surface area contributed by atoms with Crippen LogP contribution in [0.5, 0.6) is 0 Å². The summed E-state index contributed by atoms with van der Waals surface area (Å²) in [5, 5.41) is 8.54. The summed E-state index contributed by atoms with van der Waals surface area (Å²) in [5.74, 6) is 0.385. The summed E-state index contributed by atoms with van der Waals surface area (Å²) in [6.07, 6.45) is 4.17. The number of halogens is 1. The van der Waals surface area contributed by atoms with Crippen molar-refractivity contribution in [3.05, 3.63) is 27.7 Å². The standard InChI is InChI=1S/C12H14N4OS2.ClH/c17-11(9-6-18-7-15-9)16-12-14-5-10(19-12)8-1-3-13-4-2-8;/h5-8,13H,1-4H2,(H,14,16,17);1H. The number of aromatic nitrogens is 2. The van der Waals surface area contributed by atoms with Gasteiger partial charge in [0, 0.05) is 16.5 Å². The number of amides is 1. The van der Waals surface area contributed by atoms with Crippen molar-refractivity contribution < 1.29 is 4.79 Å². The first kappa shape index (κ1) is 15.4. The fourth-order valence-corrected chi connectivity index (χ4v) is 3.64. The average Bonchev–Trinajstić information content (AvgIpc) is 3.11. The van der Waals surface area contributed by atoms with Crippen molar-refractivity contribution in [2.75, 3.05) is 18.4 Å². The Labute approximate surface area is 131 Å². The Morgan fingerprint density at radius 3 is 2.85 bits per heavy atom. The van der Waals surface area contributed by atoms with E-state index < -0.39 is 0 Å². The van der Waals surface area contributed by atoms with Crippen molar-refractivity contribution in [1.29, 1.82) is 0 Å². The van der Waals surface area contributed by atoms with Crippen LogP contribution >= 0.6 is 35.1 Å². The van der Waals surface area contributed by atoms with E-state index in [0.717, 1.165) is 25.9 Å². The van der Waals surface area contributed by atoms with E-state index >= 15 is 0 Å². The maximum Gasteiger partial charge on any atom is 0.276 e. The van der Waals surface area contributed by atoms with Crippen LogP contribution in [0.3, 0.4) is 0 Å². The van der Waals surface area contributed by atoms with Gasteiger partial charge in [-0.1, -0.05) is 0 Å². The van der Waals surface area contributed by atoms with E-state index in [1.807, 2.05) is 6.20 Å². The number of nitrogens with zero attached hydrogens (tertiary/aromatic N) is 2. The number of hydrogen-bond acceptors (Lipinski definition) is 6. The van der Waals surface area contributed by atoms with Crippen molar-refractivity contribution in [3.63, 3.8) is 0 Å². The van der Waals surface area contributed by atoms with Gasteiger partial charge in [-0.3, -0.25) is 10.1 Å². The van der Waals surface area contributed by atoms with Crippen molar-refractivity contribution in [2.24, 2.45) is 0 Å². The molecule has 0 saturated carbocycles. The van der Waals surface area contributed by atoms with Gasteiger partial charge in [-0.25, -0.2) is 9.97 Å². The fourth-order valence-electron chi connectivity index (χ4n) is 2.13. The summed E-state index contributed by atoms with van der Waals surface area (Å²) in [6, 6.07) is 0. The Morgan fingerprint density at radius 2 is 2.15 bits per heavy atom. The molecule has 1 aliphatic rings. The lowest BCUT2D eigenvalue weighted by Crippen LogP contribution is -2.26. The lowest BCUT2D eigenvalue weighted by Gasteiger charge is -2.20. The minimum atomic E-state index is -0.188. The van der Waals surface area contributed by atoms with Gasteiger partial charge in [-0.15, -0.1) is 35.1 Å². The van der Waals surface area contributed by atoms with Gasteiger partial charge >= 0.3 is 0 Å². The van der Waals surface area contributed by atoms with Crippen LogP contribution in [0.2, 0.25) is 0 Å². The minimum Gasteiger partial charge on any atom is -0.317 e. The molecule has 0 radical (unpaired) electrons. The molecule has 3 rings (SSSR count). The number of carbonyl (C=O) groups is 1. The van der Waals surface area contributed by atoms with Crippen molar-refractivity contribution in [1.82, 2.24) is 15.3 Å². The second-order valence-corrected chi connectivity index (χ2v) is 6.20. The van der Waals surface area contributed by atoms with Crippen molar-refractivity contribution in [2.45, 2.75) is 18.8 Å². The normalized spacial score (nSPS) is 15.6. The maximum atomic E-state index is 11.9. The van der Waals surface area contributed by atoms with Crippen LogP contribution in [0.4, 0.5) is 5.13 Å². The van der Waals surface area contributed by atoms with Crippen LogP contribution in [0.25, 0.3) is 0 Å². The van der Waals surface area contributed by atoms with E-state index in [9.17, 15) is 4.79 Å². The third-order valence-corrected chi connectivity index (χ3v) is 4.81. The van der Waals surface area contributed by atoms with Crippen LogP contribution in [-0.4, -0.2) is 29.0 Å². The molecule has 0 atom stereocenters. The predicted octanol–water partition coefficient (Wildman–Crippen LogP) is 2.74. The molecule has 1 amide bonds. The van der Waals surface area contributed by atoms with Crippen molar-refractivity contribution >= 4 is 46.1 Å². The molecule has 2 N–H and O–H groups in total. The van der Waals surface area contributed by atoms with Crippen molar-refractivity contribution in [3.8, 4) is 0 Å². The van der Waals surface area contributed by atoms with Gasteiger partial charge in [0.15, 0.2) is 5.13 Å². The van der Waals surface area contributed by atoms with Gasteiger partial charge in [0.25, 0.3) is 5.91 Å². The van der Waals surface area contributed by atoms with Crippen LogP contribution in [0.1, 0.15) is 34.1 Å². The molecule has 20 heavy (non-hydrogen) atoms. The van der Waals surface area contributed by atoms with Gasteiger partial charge < -0.3 is 5.32 Å². The van der Waals surface area contributed by atoms with E-state index in [1.165, 1.54) is 16.2 Å². The fraction of sp³-hybridized carbons (Fsp3) is 0.417. The molecule has 0 unspecified atom stereocenters. The zero-order valence-corrected chi connectivity index (χ0v) is 13.1. The number of carbonyl (C=O) groups excluding carboxylic acids is 1. The first-order chi connectivity index (χ1) is 9.33. The smallest absolute Gasteiger partial charge is 0.276 e. The molecule has 0 bridgehead atoms. The van der Waals surface area contributed by atoms with E-state index in [0.29, 0.717) is 16.7 Å². The Hall–Kier alpha value is -1.02. The molecule has 108 valence electrons. The maximum absolute atomic E-state index is 11.9. The van der Waals surface area contributed by atoms with Crippen LogP contribution in [0, 0.1) is 0 Å². The molecule has 0 spiro atoms. The molecule has 0 aromatic carbocycles. The first-order valence-corrected chi connectivity index (χ1v) is 7.95. The minimum absolute atomic E-state index is 0. The lowest BCUT2D eigenvalue weighted by atomic mass is 9.97. The van der Waals surface area contributed by atoms with E-state index in [2.05, 4.69) is 20.6 Å². The molecular weight excluding hydrogens is 316 g/mol. The second-order valence-electron chi connectivity index (χ2n) is 4.42. The molecule has 5 nitrogen and oxygen atoms in total. The highest BCUT2D eigenvalue weighted by Crippen LogP contribution is 2.31. The van der Waals surface area contributed by atoms with Gasteiger partial charge in [-0.05, 0) is 31.8 Å². The SMILES string of the molecule is Cl.O=C(Nc1ncc(C2CCNCC2)s1)c1cscn1. The van der Waals surface area contributed by atoms with Crippen LogP contribution < -0.4 is 10.6 Å². The van der Waals surface area contributed by atoms with Crippen LogP contribution in [-0.2, 0) is 0 Å². The van der Waals surface area contributed by atoms with E-state index in [1.54, 1.807) is 22.2 Å². The summed E-state index contributed by atoms with van der Waals surface area (Å²) < 4.78 is 0. The Bertz CT molecular complexity index is 552. The lowest BCUT2D eigenvalue weighted by molar-refractivity contribution is 0.102. The molecule has 1 fully saturated rings. The Kier molecular flexibility index (Phi) is 5.47. The number of thiazole rings is 2. The first-order valence-electron chi connectivity index (χ1n) is 6.19. The Balaban J connectivity index is 0.00000147. The Morgan fingerprint density at radius 1 is 1.35 bits per heavy atom. The summed E-state index contributed by atoms with van der Waals surface area (Å²) in [5.41, 5.74) is 2.10. The summed E-state index contributed by atoms with van der Waals surface area (Å²) in [7, 11) is 0. The third kappa shape index (κ3) is 3.54. The molecule has 0 aliphatic carbocycles. The van der Waals surface area contributed by atoms with E-state index in [-0.39, 0.29) is 18.3 Å². The molecule has 1 saturated heterocycles. The van der Waals surface area contributed by atoms with Gasteiger partial charge in [-0.2, -0.15) is 0 Å². The number of piperidine rings is 1. The van der Waals surface area contributed by atoms with Gasteiger partial charge in [0.1, 0.15) is 5.69 Å². The molecule has 2 aromatic rings. The zero-order chi connectivity index (χ0) is 13.1.